The van der Waals surface area contributed by atoms with Gasteiger partial charge in [0, 0.05) is 19.2 Å². The van der Waals surface area contributed by atoms with Crippen molar-refractivity contribution in [1.29, 1.82) is 0 Å². The predicted molar refractivity (Wildman–Crippen MR) is 107 cm³/mol. The molecular formula is C22H34N2O2. The Balaban J connectivity index is 1.76. The average Bonchev–Trinajstić information content (AvgIpc) is 2.59. The lowest BCUT2D eigenvalue weighted by Crippen LogP contribution is -2.35. The van der Waals surface area contributed by atoms with Crippen LogP contribution in [0.25, 0.3) is 0 Å². The number of likely N-dealkylation sites (N-methyl/N-ethyl adjacent to an activating group) is 1. The maximum Gasteiger partial charge on any atom is 0.243 e. The minimum absolute atomic E-state index is 0.0632. The van der Waals surface area contributed by atoms with Gasteiger partial charge in [-0.2, -0.15) is 0 Å². The van der Waals surface area contributed by atoms with Crippen molar-refractivity contribution in [3.63, 3.8) is 0 Å². The number of nitrogens with one attached hydrogen (secondary N) is 1. The van der Waals surface area contributed by atoms with E-state index < -0.39 is 0 Å². The fourth-order valence-electron chi connectivity index (χ4n) is 4.07. The minimum Gasteiger partial charge on any atom is -0.336 e. The van der Waals surface area contributed by atoms with E-state index in [0.29, 0.717) is 6.42 Å². The van der Waals surface area contributed by atoms with Crippen molar-refractivity contribution in [1.82, 2.24) is 4.90 Å². The van der Waals surface area contributed by atoms with Crippen LogP contribution >= 0.6 is 0 Å². The normalized spacial score (nSPS) is 14.9. The molecule has 1 fully saturated rings. The molecule has 144 valence electrons. The summed E-state index contributed by atoms with van der Waals surface area (Å²) in [5.41, 5.74) is 4.15. The van der Waals surface area contributed by atoms with Crippen LogP contribution in [0.3, 0.4) is 0 Å². The van der Waals surface area contributed by atoms with Gasteiger partial charge in [0.2, 0.25) is 11.8 Å². The van der Waals surface area contributed by atoms with Gasteiger partial charge in [-0.15, -0.1) is 0 Å². The Bertz CT molecular complexity index is 610. The Kier molecular flexibility index (Phi) is 7.67. The topological polar surface area (TPSA) is 49.4 Å². The Hall–Kier alpha value is -1.84. The van der Waals surface area contributed by atoms with Gasteiger partial charge >= 0.3 is 0 Å². The third kappa shape index (κ3) is 6.15. The first-order valence-corrected chi connectivity index (χ1v) is 9.98. The highest BCUT2D eigenvalue weighted by Gasteiger charge is 2.17. The van der Waals surface area contributed by atoms with Crippen LogP contribution in [-0.4, -0.2) is 30.3 Å². The number of benzene rings is 1. The molecule has 0 aliphatic heterocycles. The molecule has 0 bridgehead atoms. The molecule has 1 aliphatic carbocycles. The number of hydrogen-bond acceptors (Lipinski definition) is 2. The van der Waals surface area contributed by atoms with Crippen molar-refractivity contribution >= 4 is 17.5 Å². The van der Waals surface area contributed by atoms with Gasteiger partial charge in [0.05, 0.1) is 6.54 Å². The Labute approximate surface area is 158 Å². The van der Waals surface area contributed by atoms with E-state index in [1.165, 1.54) is 37.7 Å². The molecule has 0 saturated heterocycles. The molecule has 1 aromatic rings. The van der Waals surface area contributed by atoms with Gasteiger partial charge in [0.1, 0.15) is 0 Å². The molecule has 26 heavy (non-hydrogen) atoms. The first kappa shape index (κ1) is 20.5. The number of carbonyl (C=O) groups excluding carboxylic acids is 2. The lowest BCUT2D eigenvalue weighted by molar-refractivity contribution is -0.133. The third-order valence-electron chi connectivity index (χ3n) is 5.48. The van der Waals surface area contributed by atoms with Gasteiger partial charge in [-0.25, -0.2) is 0 Å². The second-order valence-electron chi connectivity index (χ2n) is 7.97. The molecule has 2 rings (SSSR count). The first-order chi connectivity index (χ1) is 12.4. The average molecular weight is 359 g/mol. The monoisotopic (exact) mass is 358 g/mol. The number of nitrogens with zero attached hydrogens (tertiary/aromatic N) is 1. The number of hydrogen-bond donors (Lipinski definition) is 1. The standard InChI is InChI=1S/C22H34N2O2/c1-16-13-17(2)22(18(3)14-16)23-20(25)15-24(4)21(26)12-8-11-19-9-6-5-7-10-19/h13-14,19H,5-12,15H2,1-4H3,(H,23,25). The van der Waals surface area contributed by atoms with Crippen LogP contribution in [0.1, 0.15) is 68.1 Å². The molecule has 1 saturated carbocycles. The Morgan fingerprint density at radius 3 is 2.31 bits per heavy atom. The molecule has 1 aliphatic rings. The molecule has 0 atom stereocenters. The molecule has 0 aromatic heterocycles. The molecule has 0 spiro atoms. The van der Waals surface area contributed by atoms with E-state index in [-0.39, 0.29) is 18.4 Å². The third-order valence-corrected chi connectivity index (χ3v) is 5.48. The molecule has 0 radical (unpaired) electrons. The van der Waals surface area contributed by atoms with Crippen LogP contribution in [0.4, 0.5) is 5.69 Å². The molecule has 4 heteroatoms. The Morgan fingerprint density at radius 1 is 1.08 bits per heavy atom. The van der Waals surface area contributed by atoms with Crippen LogP contribution in [-0.2, 0) is 9.59 Å². The van der Waals surface area contributed by atoms with E-state index in [2.05, 4.69) is 17.4 Å². The van der Waals surface area contributed by atoms with Gasteiger partial charge in [-0.05, 0) is 50.7 Å². The highest BCUT2D eigenvalue weighted by atomic mass is 16.2. The van der Waals surface area contributed by atoms with Gasteiger partial charge in [-0.1, -0.05) is 49.8 Å². The summed E-state index contributed by atoms with van der Waals surface area (Å²) in [5, 5.41) is 2.97. The summed E-state index contributed by atoms with van der Waals surface area (Å²) >= 11 is 0. The van der Waals surface area contributed by atoms with E-state index in [1.807, 2.05) is 20.8 Å². The van der Waals surface area contributed by atoms with Crippen molar-refractivity contribution in [2.75, 3.05) is 18.9 Å². The number of rotatable bonds is 7. The smallest absolute Gasteiger partial charge is 0.243 e. The summed E-state index contributed by atoms with van der Waals surface area (Å²) in [6, 6.07) is 4.12. The number of amides is 2. The molecule has 4 nitrogen and oxygen atoms in total. The van der Waals surface area contributed by atoms with Crippen molar-refractivity contribution in [3.05, 3.63) is 28.8 Å². The lowest BCUT2D eigenvalue weighted by Gasteiger charge is -2.22. The summed E-state index contributed by atoms with van der Waals surface area (Å²) in [7, 11) is 1.72. The highest BCUT2D eigenvalue weighted by Crippen LogP contribution is 2.27. The zero-order chi connectivity index (χ0) is 19.1. The van der Waals surface area contributed by atoms with Crippen LogP contribution in [0.5, 0.6) is 0 Å². The fourth-order valence-corrected chi connectivity index (χ4v) is 4.07. The summed E-state index contributed by atoms with van der Waals surface area (Å²) in [6.07, 6.45) is 9.33. The number of aryl methyl sites for hydroxylation is 3. The molecule has 0 unspecified atom stereocenters. The zero-order valence-corrected chi connectivity index (χ0v) is 16.9. The van der Waals surface area contributed by atoms with Crippen molar-refractivity contribution in [2.45, 2.75) is 72.1 Å². The van der Waals surface area contributed by atoms with Crippen molar-refractivity contribution < 1.29 is 9.59 Å². The van der Waals surface area contributed by atoms with Gasteiger partial charge in [-0.3, -0.25) is 9.59 Å². The second kappa shape index (κ2) is 9.75. The SMILES string of the molecule is Cc1cc(C)c(NC(=O)CN(C)C(=O)CCCC2CCCCC2)c(C)c1. The summed E-state index contributed by atoms with van der Waals surface area (Å²) < 4.78 is 0. The Morgan fingerprint density at radius 2 is 1.69 bits per heavy atom. The van der Waals surface area contributed by atoms with Crippen molar-refractivity contribution in [3.8, 4) is 0 Å². The van der Waals surface area contributed by atoms with Gasteiger partial charge < -0.3 is 10.2 Å². The fraction of sp³-hybridized carbons (Fsp3) is 0.636. The lowest BCUT2D eigenvalue weighted by atomic mass is 9.86. The molecule has 2 amide bonds. The molecular weight excluding hydrogens is 324 g/mol. The van der Waals surface area contributed by atoms with E-state index in [1.54, 1.807) is 11.9 Å². The largest absolute Gasteiger partial charge is 0.336 e. The van der Waals surface area contributed by atoms with Crippen LogP contribution in [0, 0.1) is 26.7 Å². The molecule has 0 heterocycles. The quantitative estimate of drug-likeness (QED) is 0.764. The minimum atomic E-state index is -0.136. The van der Waals surface area contributed by atoms with E-state index >= 15 is 0 Å². The maximum atomic E-state index is 12.3. The van der Waals surface area contributed by atoms with Gasteiger partial charge in [0.25, 0.3) is 0 Å². The maximum absolute atomic E-state index is 12.3. The van der Waals surface area contributed by atoms with Crippen molar-refractivity contribution in [2.24, 2.45) is 5.92 Å². The second-order valence-corrected chi connectivity index (χ2v) is 7.97. The zero-order valence-electron chi connectivity index (χ0n) is 16.9. The van der Waals surface area contributed by atoms with Gasteiger partial charge in [0.15, 0.2) is 0 Å². The molecule has 1 aromatic carbocycles. The van der Waals surface area contributed by atoms with E-state index in [9.17, 15) is 9.59 Å². The van der Waals surface area contributed by atoms with E-state index in [4.69, 9.17) is 0 Å². The summed E-state index contributed by atoms with van der Waals surface area (Å²) in [4.78, 5) is 26.2. The summed E-state index contributed by atoms with van der Waals surface area (Å²) in [5.74, 6) is 0.731. The van der Waals surface area contributed by atoms with Crippen LogP contribution in [0.15, 0.2) is 12.1 Å². The van der Waals surface area contributed by atoms with Crippen LogP contribution < -0.4 is 5.32 Å². The highest BCUT2D eigenvalue weighted by molar-refractivity contribution is 5.95. The van der Waals surface area contributed by atoms with Crippen LogP contribution in [0.2, 0.25) is 0 Å². The first-order valence-electron chi connectivity index (χ1n) is 9.98. The molecule has 1 N–H and O–H groups in total. The number of carbonyl (C=O) groups is 2. The van der Waals surface area contributed by atoms with E-state index in [0.717, 1.165) is 35.6 Å². The predicted octanol–water partition coefficient (Wildman–Crippen LogP) is 4.76. The number of anilines is 1. The summed E-state index contributed by atoms with van der Waals surface area (Å²) in [6.45, 7) is 6.14.